The molecule has 1 aromatic heterocycles. The average molecular weight is 570 g/mol. The van der Waals surface area contributed by atoms with E-state index in [1.807, 2.05) is 0 Å². The molecule has 2 aromatic carbocycles. The van der Waals surface area contributed by atoms with Crippen molar-refractivity contribution in [3.8, 4) is 17.0 Å². The van der Waals surface area contributed by atoms with Crippen LogP contribution in [0.2, 0.25) is 10.0 Å². The van der Waals surface area contributed by atoms with Crippen LogP contribution in [0.25, 0.3) is 11.3 Å². The van der Waals surface area contributed by atoms with Crippen LogP contribution in [-0.2, 0) is 5.54 Å². The van der Waals surface area contributed by atoms with Crippen molar-refractivity contribution in [3.05, 3.63) is 81.2 Å². The molecule has 0 radical (unpaired) electrons. The topological polar surface area (TPSA) is 77.2 Å². The molecule has 0 aliphatic heterocycles. The minimum atomic E-state index is -4.75. The molecule has 1 fully saturated rings. The molecule has 3 N–H and O–H groups in total. The van der Waals surface area contributed by atoms with E-state index in [4.69, 9.17) is 33.7 Å². The van der Waals surface area contributed by atoms with Gasteiger partial charge in [0.05, 0.1) is 27.5 Å². The summed E-state index contributed by atoms with van der Waals surface area (Å²) in [5.74, 6) is -3.15. The van der Waals surface area contributed by atoms with Crippen molar-refractivity contribution in [2.45, 2.75) is 50.4 Å². The number of ether oxygens (including phenoxy) is 1. The summed E-state index contributed by atoms with van der Waals surface area (Å²) in [7, 11) is 0. The van der Waals surface area contributed by atoms with Gasteiger partial charge >= 0.3 is 6.18 Å². The van der Waals surface area contributed by atoms with Crippen LogP contribution in [0.3, 0.4) is 0 Å². The normalized spacial score (nSPS) is 14.8. The first kappa shape index (κ1) is 28.1. The van der Waals surface area contributed by atoms with E-state index in [0.29, 0.717) is 16.9 Å². The second-order valence-corrected chi connectivity index (χ2v) is 10.6. The van der Waals surface area contributed by atoms with E-state index in [2.05, 4.69) is 10.3 Å². The van der Waals surface area contributed by atoms with Gasteiger partial charge in [-0.3, -0.25) is 9.78 Å². The Kier molecular flexibility index (Phi) is 7.93. The van der Waals surface area contributed by atoms with Crippen LogP contribution in [-0.4, -0.2) is 29.7 Å². The molecule has 202 valence electrons. The highest BCUT2D eigenvalue weighted by molar-refractivity contribution is 6.32. The predicted octanol–water partition coefficient (Wildman–Crippen LogP) is 7.01. The summed E-state index contributed by atoms with van der Waals surface area (Å²) < 4.78 is 62.1. The Hall–Kier alpha value is -2.88. The number of amides is 1. The summed E-state index contributed by atoms with van der Waals surface area (Å²) in [5.41, 5.74) is 5.75. The minimum Gasteiger partial charge on any atom is -0.489 e. The predicted molar refractivity (Wildman–Crippen MR) is 138 cm³/mol. The molecular weight excluding hydrogens is 545 g/mol. The number of halogens is 6. The van der Waals surface area contributed by atoms with E-state index in [9.17, 15) is 22.4 Å². The Morgan fingerprint density at radius 3 is 2.39 bits per heavy atom. The van der Waals surface area contributed by atoms with Crippen LogP contribution >= 0.6 is 23.2 Å². The third-order valence-electron chi connectivity index (χ3n) is 6.04. The number of carbonyl (C=O) groups is 1. The maximum absolute atomic E-state index is 14.3. The second-order valence-electron chi connectivity index (χ2n) is 9.78. The number of carbonyl (C=O) groups excluding carboxylic acids is 1. The highest BCUT2D eigenvalue weighted by Crippen LogP contribution is 2.37. The van der Waals surface area contributed by atoms with Gasteiger partial charge in [0.15, 0.2) is 0 Å². The first-order valence-corrected chi connectivity index (χ1v) is 12.6. The summed E-state index contributed by atoms with van der Waals surface area (Å²) in [5, 5.41) is 2.33. The molecule has 3 aromatic rings. The smallest absolute Gasteiger partial charge is 0.398 e. The van der Waals surface area contributed by atoms with E-state index >= 15 is 0 Å². The van der Waals surface area contributed by atoms with Crippen molar-refractivity contribution in [1.29, 1.82) is 0 Å². The monoisotopic (exact) mass is 569 g/mol. The number of aromatic nitrogens is 1. The molecular formula is C27H25Cl2F4N3O2. The van der Waals surface area contributed by atoms with Crippen molar-refractivity contribution < 1.29 is 27.1 Å². The minimum absolute atomic E-state index is 0.0884. The van der Waals surface area contributed by atoms with Gasteiger partial charge in [-0.15, -0.1) is 0 Å². The van der Waals surface area contributed by atoms with Crippen LogP contribution in [0, 0.1) is 5.82 Å². The van der Waals surface area contributed by atoms with Gasteiger partial charge in [-0.1, -0.05) is 23.2 Å². The second kappa shape index (κ2) is 10.7. The molecule has 38 heavy (non-hydrogen) atoms. The van der Waals surface area contributed by atoms with Gasteiger partial charge in [0, 0.05) is 23.2 Å². The molecule has 1 amide bonds. The fraction of sp³-hybridized carbons (Fsp3) is 0.333. The number of benzene rings is 2. The van der Waals surface area contributed by atoms with Gasteiger partial charge in [0.1, 0.15) is 17.5 Å². The van der Waals surface area contributed by atoms with Crippen LogP contribution in [0.4, 0.5) is 17.6 Å². The Bertz CT molecular complexity index is 1360. The highest BCUT2D eigenvalue weighted by atomic mass is 35.5. The molecule has 1 unspecified atom stereocenters. The van der Waals surface area contributed by atoms with E-state index in [0.717, 1.165) is 18.9 Å². The number of nitrogens with one attached hydrogen (secondary N) is 1. The van der Waals surface area contributed by atoms with Crippen molar-refractivity contribution >= 4 is 29.1 Å². The third-order valence-corrected chi connectivity index (χ3v) is 6.62. The van der Waals surface area contributed by atoms with Crippen molar-refractivity contribution in [2.75, 3.05) is 6.54 Å². The van der Waals surface area contributed by atoms with E-state index in [1.165, 1.54) is 42.5 Å². The SMILES string of the molecule is CC(C)(N)c1cc(-c2ccc(F)c(Cl)c2)nc(C(CNC(=O)c2ccc(OC3CC3)c(Cl)c2)C(F)(F)F)c1. The zero-order chi connectivity index (χ0) is 27.8. The van der Waals surface area contributed by atoms with E-state index in [-0.39, 0.29) is 33.1 Å². The molecule has 1 saturated carbocycles. The zero-order valence-corrected chi connectivity index (χ0v) is 22.0. The quantitative estimate of drug-likeness (QED) is 0.286. The van der Waals surface area contributed by atoms with Crippen LogP contribution in [0.15, 0.2) is 48.5 Å². The van der Waals surface area contributed by atoms with Crippen molar-refractivity contribution in [2.24, 2.45) is 5.73 Å². The fourth-order valence-electron chi connectivity index (χ4n) is 3.69. The van der Waals surface area contributed by atoms with Crippen molar-refractivity contribution in [3.63, 3.8) is 0 Å². The third kappa shape index (κ3) is 6.76. The molecule has 1 heterocycles. The van der Waals surface area contributed by atoms with Gasteiger partial charge in [0.2, 0.25) is 0 Å². The Labute approximate surface area is 227 Å². The van der Waals surface area contributed by atoms with Crippen LogP contribution in [0.1, 0.15) is 54.2 Å². The standard InChI is InChI=1S/C27H25Cl2F4N3O2/c1-26(2,34)16-11-22(14-3-7-21(30)19(28)9-14)36-23(12-16)18(27(31,32)33)13-35-25(37)15-4-8-24(20(29)10-15)38-17-5-6-17/h3-4,7-12,17-18H,5-6,13,34H2,1-2H3,(H,35,37). The number of rotatable bonds is 8. The number of nitrogens with two attached hydrogens (primary N) is 1. The molecule has 0 bridgehead atoms. The molecule has 0 saturated heterocycles. The number of hydrogen-bond donors (Lipinski definition) is 2. The summed E-state index contributed by atoms with van der Waals surface area (Å²) >= 11 is 12.1. The molecule has 1 aliphatic rings. The lowest BCUT2D eigenvalue weighted by molar-refractivity contribution is -0.149. The molecule has 11 heteroatoms. The average Bonchev–Trinajstić information content (AvgIpc) is 3.64. The molecule has 0 spiro atoms. The lowest BCUT2D eigenvalue weighted by Gasteiger charge is -2.25. The van der Waals surface area contributed by atoms with Gasteiger partial charge in [0.25, 0.3) is 5.91 Å². The molecule has 1 aliphatic carbocycles. The number of hydrogen-bond acceptors (Lipinski definition) is 4. The fourth-order valence-corrected chi connectivity index (χ4v) is 4.10. The Morgan fingerprint density at radius 1 is 1.11 bits per heavy atom. The number of pyridine rings is 1. The van der Waals surface area contributed by atoms with Crippen LogP contribution in [0.5, 0.6) is 5.75 Å². The maximum Gasteiger partial charge on any atom is 0.398 e. The van der Waals surface area contributed by atoms with E-state index < -0.39 is 35.9 Å². The van der Waals surface area contributed by atoms with Gasteiger partial charge in [-0.25, -0.2) is 4.39 Å². The molecule has 5 nitrogen and oxygen atoms in total. The lowest BCUT2D eigenvalue weighted by atomic mass is 9.91. The number of alkyl halides is 3. The van der Waals surface area contributed by atoms with Crippen LogP contribution < -0.4 is 15.8 Å². The summed E-state index contributed by atoms with van der Waals surface area (Å²) in [6.45, 7) is 2.49. The summed E-state index contributed by atoms with van der Waals surface area (Å²) in [6, 6.07) is 10.9. The number of nitrogens with zero attached hydrogens (tertiary/aromatic N) is 1. The molecule has 4 rings (SSSR count). The zero-order valence-electron chi connectivity index (χ0n) is 20.5. The largest absolute Gasteiger partial charge is 0.489 e. The first-order valence-electron chi connectivity index (χ1n) is 11.8. The van der Waals surface area contributed by atoms with Gasteiger partial charge in [-0.05, 0) is 80.8 Å². The van der Waals surface area contributed by atoms with E-state index in [1.54, 1.807) is 13.8 Å². The first-order chi connectivity index (χ1) is 17.7. The van der Waals surface area contributed by atoms with Crippen molar-refractivity contribution in [1.82, 2.24) is 10.3 Å². The van der Waals surface area contributed by atoms with Gasteiger partial charge < -0.3 is 15.8 Å². The van der Waals surface area contributed by atoms with Gasteiger partial charge in [-0.2, -0.15) is 13.2 Å². The highest BCUT2D eigenvalue weighted by Gasteiger charge is 2.42. The summed E-state index contributed by atoms with van der Waals surface area (Å²) in [4.78, 5) is 16.9. The Balaban J connectivity index is 1.63. The summed E-state index contributed by atoms with van der Waals surface area (Å²) in [6.07, 6.45) is -2.82. The maximum atomic E-state index is 14.3. The Morgan fingerprint density at radius 2 is 1.82 bits per heavy atom. The molecule has 1 atom stereocenters. The lowest BCUT2D eigenvalue weighted by Crippen LogP contribution is -2.36.